The molecule has 5 rings (SSSR count). The molecular formula is C22H20FN5O. The average Bonchev–Trinajstić information content (AvgIpc) is 3.39. The largest absolute Gasteiger partial charge is 0.508 e. The molecule has 4 aromatic rings. The Morgan fingerprint density at radius 3 is 2.79 bits per heavy atom. The van der Waals surface area contributed by atoms with E-state index in [1.54, 1.807) is 30.7 Å². The molecular weight excluding hydrogens is 369 g/mol. The fraction of sp³-hybridized carbons (Fsp3) is 0.182. The highest BCUT2D eigenvalue weighted by Gasteiger charge is 2.33. The van der Waals surface area contributed by atoms with Crippen LogP contribution in [-0.2, 0) is 13.0 Å². The second kappa shape index (κ2) is 7.18. The lowest BCUT2D eigenvalue weighted by Gasteiger charge is -2.35. The Morgan fingerprint density at radius 1 is 1.14 bits per heavy atom. The zero-order valence-electron chi connectivity index (χ0n) is 15.6. The van der Waals surface area contributed by atoms with Crippen LogP contribution in [0.25, 0.3) is 11.3 Å². The van der Waals surface area contributed by atoms with Crippen molar-refractivity contribution in [2.75, 3.05) is 6.54 Å². The Labute approximate surface area is 167 Å². The monoisotopic (exact) mass is 389 g/mol. The predicted molar refractivity (Wildman–Crippen MR) is 107 cm³/mol. The molecule has 7 heteroatoms. The van der Waals surface area contributed by atoms with Gasteiger partial charge >= 0.3 is 0 Å². The number of hydrogen-bond acceptors (Lipinski definition) is 4. The molecule has 0 saturated heterocycles. The van der Waals surface area contributed by atoms with Crippen molar-refractivity contribution in [3.05, 3.63) is 89.4 Å². The van der Waals surface area contributed by atoms with Crippen LogP contribution in [0, 0.1) is 5.82 Å². The Balaban J connectivity index is 1.52. The van der Waals surface area contributed by atoms with Crippen LogP contribution in [0.5, 0.6) is 5.75 Å². The maximum Gasteiger partial charge on any atom is 0.123 e. The van der Waals surface area contributed by atoms with Crippen molar-refractivity contribution in [1.29, 1.82) is 0 Å². The minimum Gasteiger partial charge on any atom is -0.508 e. The lowest BCUT2D eigenvalue weighted by molar-refractivity contribution is 0.197. The fourth-order valence-corrected chi connectivity index (χ4v) is 4.07. The van der Waals surface area contributed by atoms with Crippen LogP contribution < -0.4 is 0 Å². The zero-order valence-corrected chi connectivity index (χ0v) is 15.6. The van der Waals surface area contributed by atoms with E-state index >= 15 is 0 Å². The first-order chi connectivity index (χ1) is 14.2. The molecule has 0 bridgehead atoms. The third kappa shape index (κ3) is 3.19. The molecule has 3 heterocycles. The van der Waals surface area contributed by atoms with Gasteiger partial charge in [0.05, 0.1) is 30.0 Å². The first-order valence-corrected chi connectivity index (χ1v) is 9.53. The Hall–Kier alpha value is -3.45. The van der Waals surface area contributed by atoms with E-state index in [9.17, 15) is 9.50 Å². The van der Waals surface area contributed by atoms with E-state index in [2.05, 4.69) is 25.1 Å². The number of nitrogens with zero attached hydrogens (tertiary/aromatic N) is 3. The van der Waals surface area contributed by atoms with Gasteiger partial charge in [0.25, 0.3) is 0 Å². The highest BCUT2D eigenvalue weighted by atomic mass is 19.1. The third-order valence-corrected chi connectivity index (χ3v) is 5.48. The summed E-state index contributed by atoms with van der Waals surface area (Å²) in [6.07, 6.45) is 4.37. The van der Waals surface area contributed by atoms with E-state index in [1.165, 1.54) is 12.1 Å². The molecule has 0 spiro atoms. The van der Waals surface area contributed by atoms with E-state index < -0.39 is 0 Å². The lowest BCUT2D eigenvalue weighted by atomic mass is 9.94. The molecule has 2 aromatic heterocycles. The van der Waals surface area contributed by atoms with E-state index in [-0.39, 0.29) is 17.6 Å². The number of fused-ring (bicyclic) bond motifs is 1. The number of halogens is 1. The molecule has 0 aliphatic carbocycles. The van der Waals surface area contributed by atoms with Crippen molar-refractivity contribution in [1.82, 2.24) is 25.1 Å². The number of phenols is 1. The smallest absolute Gasteiger partial charge is 0.123 e. The summed E-state index contributed by atoms with van der Waals surface area (Å²) in [5.74, 6) is -0.0131. The molecule has 3 N–H and O–H groups in total. The summed E-state index contributed by atoms with van der Waals surface area (Å²) < 4.78 is 13.3. The molecule has 0 saturated carbocycles. The van der Waals surface area contributed by atoms with Crippen molar-refractivity contribution >= 4 is 0 Å². The summed E-state index contributed by atoms with van der Waals surface area (Å²) in [5, 5.41) is 17.8. The van der Waals surface area contributed by atoms with Crippen LogP contribution in [0.1, 0.15) is 28.6 Å². The highest BCUT2D eigenvalue weighted by Crippen LogP contribution is 2.38. The number of rotatable bonds is 4. The normalized spacial score (nSPS) is 16.7. The minimum absolute atomic E-state index is 0.165. The van der Waals surface area contributed by atoms with Crippen molar-refractivity contribution in [2.45, 2.75) is 19.0 Å². The Morgan fingerprint density at radius 2 is 1.97 bits per heavy atom. The van der Waals surface area contributed by atoms with Gasteiger partial charge in [0.1, 0.15) is 11.6 Å². The topological polar surface area (TPSA) is 80.8 Å². The average molecular weight is 389 g/mol. The third-order valence-electron chi connectivity index (χ3n) is 5.48. The van der Waals surface area contributed by atoms with Gasteiger partial charge in [-0.1, -0.05) is 18.2 Å². The summed E-state index contributed by atoms with van der Waals surface area (Å²) in [6.45, 7) is 1.43. The van der Waals surface area contributed by atoms with E-state index in [4.69, 9.17) is 0 Å². The zero-order chi connectivity index (χ0) is 19.8. The van der Waals surface area contributed by atoms with Crippen LogP contribution >= 0.6 is 0 Å². The Bertz CT molecular complexity index is 1130. The van der Waals surface area contributed by atoms with Gasteiger partial charge in [-0.25, -0.2) is 9.37 Å². The predicted octanol–water partition coefficient (Wildman–Crippen LogP) is 3.79. The summed E-state index contributed by atoms with van der Waals surface area (Å²) in [7, 11) is 0. The van der Waals surface area contributed by atoms with Crippen molar-refractivity contribution in [3.63, 3.8) is 0 Å². The molecule has 0 fully saturated rings. The molecule has 6 nitrogen and oxygen atoms in total. The second-order valence-electron chi connectivity index (χ2n) is 7.23. The highest BCUT2D eigenvalue weighted by molar-refractivity contribution is 5.62. The summed E-state index contributed by atoms with van der Waals surface area (Å²) in [4.78, 5) is 10.1. The van der Waals surface area contributed by atoms with Crippen molar-refractivity contribution in [3.8, 4) is 17.0 Å². The SMILES string of the molecule is Oc1ccccc1[C@@H]1c2nc[nH]c2CCN1Cc1cn[nH]c1-c1ccc(F)cc1. The maximum absolute atomic E-state index is 13.3. The number of H-pyrrole nitrogens is 2. The van der Waals surface area contributed by atoms with Crippen LogP contribution in [0.4, 0.5) is 4.39 Å². The minimum atomic E-state index is -0.267. The number of aromatic amines is 2. The van der Waals surface area contributed by atoms with Crippen molar-refractivity contribution < 1.29 is 9.50 Å². The van der Waals surface area contributed by atoms with Crippen LogP contribution in [0.2, 0.25) is 0 Å². The quantitative estimate of drug-likeness (QED) is 0.496. The summed E-state index contributed by atoms with van der Waals surface area (Å²) >= 11 is 0. The number of aromatic hydroxyl groups is 1. The molecule has 1 atom stereocenters. The number of benzene rings is 2. The van der Waals surface area contributed by atoms with Crippen LogP contribution in [0.3, 0.4) is 0 Å². The van der Waals surface area contributed by atoms with E-state index in [1.807, 2.05) is 18.2 Å². The number of nitrogens with one attached hydrogen (secondary N) is 2. The van der Waals surface area contributed by atoms with Crippen molar-refractivity contribution in [2.24, 2.45) is 0 Å². The second-order valence-corrected chi connectivity index (χ2v) is 7.23. The number of para-hydroxylation sites is 1. The van der Waals surface area contributed by atoms with Gasteiger partial charge in [0.15, 0.2) is 0 Å². The number of imidazole rings is 1. The molecule has 29 heavy (non-hydrogen) atoms. The van der Waals surface area contributed by atoms with Crippen LogP contribution in [-0.4, -0.2) is 36.7 Å². The molecule has 1 aliphatic rings. The fourth-order valence-electron chi connectivity index (χ4n) is 4.07. The van der Waals surface area contributed by atoms with Gasteiger partial charge in [-0.3, -0.25) is 10.00 Å². The Kier molecular flexibility index (Phi) is 4.37. The molecule has 0 radical (unpaired) electrons. The number of hydrogen-bond donors (Lipinski definition) is 3. The number of aromatic nitrogens is 4. The van der Waals surface area contributed by atoms with Gasteiger partial charge in [-0.2, -0.15) is 5.10 Å². The maximum atomic E-state index is 13.3. The molecule has 0 unspecified atom stereocenters. The first-order valence-electron chi connectivity index (χ1n) is 9.53. The molecule has 0 amide bonds. The summed E-state index contributed by atoms with van der Waals surface area (Å²) in [6, 6.07) is 13.6. The van der Waals surface area contributed by atoms with E-state index in [0.717, 1.165) is 46.7 Å². The molecule has 146 valence electrons. The van der Waals surface area contributed by atoms with E-state index in [0.29, 0.717) is 6.54 Å². The van der Waals surface area contributed by atoms with Gasteiger partial charge in [-0.05, 0) is 30.3 Å². The lowest BCUT2D eigenvalue weighted by Crippen LogP contribution is -2.36. The standard InChI is InChI=1S/C22H20FN5O/c23-16-7-5-14(6-8-16)20-15(11-26-27-20)12-28-10-9-18-21(25-13-24-18)22(28)17-3-1-2-4-19(17)29/h1-8,11,13,22,29H,9-10,12H2,(H,24,25)(H,26,27)/t22-/m1/s1. The molecule has 2 aromatic carbocycles. The van der Waals surface area contributed by atoms with Gasteiger partial charge in [0, 0.05) is 41.9 Å². The van der Waals surface area contributed by atoms with Gasteiger partial charge in [0.2, 0.25) is 0 Å². The van der Waals surface area contributed by atoms with Crippen LogP contribution in [0.15, 0.2) is 61.1 Å². The summed E-state index contributed by atoms with van der Waals surface area (Å²) in [5.41, 5.74) is 5.62. The van der Waals surface area contributed by atoms with Gasteiger partial charge in [-0.15, -0.1) is 0 Å². The molecule has 1 aliphatic heterocycles. The number of phenolic OH excluding ortho intramolecular Hbond substituents is 1. The van der Waals surface area contributed by atoms with Gasteiger partial charge < -0.3 is 10.1 Å². The first kappa shape index (κ1) is 17.6.